The van der Waals surface area contributed by atoms with E-state index in [0.717, 1.165) is 5.56 Å². The van der Waals surface area contributed by atoms with E-state index < -0.39 is 47.2 Å². The van der Waals surface area contributed by atoms with Crippen LogP contribution in [-0.4, -0.2) is 45.5 Å². The first-order chi connectivity index (χ1) is 12.9. The topological polar surface area (TPSA) is 52.9 Å². The number of rotatable bonds is 3. The van der Waals surface area contributed by atoms with Crippen LogP contribution >= 0.6 is 0 Å². The quantitative estimate of drug-likeness (QED) is 0.706. The van der Waals surface area contributed by atoms with Crippen molar-refractivity contribution < 1.29 is 40.6 Å². The highest BCUT2D eigenvalue weighted by molar-refractivity contribution is 6.00. The lowest BCUT2D eigenvalue weighted by atomic mass is 9.79. The summed E-state index contributed by atoms with van der Waals surface area (Å²) >= 11 is 0. The van der Waals surface area contributed by atoms with Crippen LogP contribution in [0.1, 0.15) is 43.1 Å². The number of carbonyl (C=O) groups excluding carboxylic acids is 1. The number of hydrogen-bond acceptors (Lipinski definition) is 3. The molecule has 1 aromatic rings. The van der Waals surface area contributed by atoms with Gasteiger partial charge in [0.25, 0.3) is 5.91 Å². The highest BCUT2D eigenvalue weighted by Crippen LogP contribution is 2.51. The van der Waals surface area contributed by atoms with Crippen molar-refractivity contribution in [2.45, 2.75) is 57.9 Å². The number of halogens is 7. The largest absolute Gasteiger partial charge is 0.460 e. The molecule has 1 N–H and O–H groups in total. The molecule has 0 aliphatic carbocycles. The molecule has 11 heteroatoms. The molecule has 1 amide bonds. The lowest BCUT2D eigenvalue weighted by Gasteiger charge is -2.41. The average Bonchev–Trinajstić information content (AvgIpc) is 2.93. The minimum absolute atomic E-state index is 0.117. The molecule has 0 saturated heterocycles. The molecule has 29 heavy (non-hydrogen) atoms. The predicted molar refractivity (Wildman–Crippen MR) is 89.8 cm³/mol. The normalized spacial score (nSPS) is 21.4. The van der Waals surface area contributed by atoms with Gasteiger partial charge in [-0.25, -0.2) is 0 Å². The van der Waals surface area contributed by atoms with E-state index in [1.807, 2.05) is 0 Å². The summed E-state index contributed by atoms with van der Waals surface area (Å²) in [7, 11) is 0. The average molecular weight is 428 g/mol. The zero-order valence-electron chi connectivity index (χ0n) is 15.9. The smallest absolute Gasteiger partial charge is 0.368 e. The first-order valence-corrected chi connectivity index (χ1v) is 8.40. The third kappa shape index (κ3) is 3.60. The van der Waals surface area contributed by atoms with Gasteiger partial charge >= 0.3 is 18.0 Å². The van der Waals surface area contributed by atoms with Crippen molar-refractivity contribution in [1.29, 1.82) is 0 Å². The summed E-state index contributed by atoms with van der Waals surface area (Å²) in [4.78, 5) is 12.7. The number of nitrogens with zero attached hydrogens (tertiary/aromatic N) is 2. The second kappa shape index (κ2) is 6.68. The Morgan fingerprint density at radius 3 is 1.93 bits per heavy atom. The van der Waals surface area contributed by atoms with E-state index in [4.69, 9.17) is 0 Å². The third-order valence-electron chi connectivity index (χ3n) is 4.79. The molecule has 2 rings (SSSR count). The molecule has 1 aliphatic rings. The van der Waals surface area contributed by atoms with E-state index in [-0.39, 0.29) is 10.6 Å². The van der Waals surface area contributed by atoms with Crippen LogP contribution in [0, 0.1) is 12.3 Å². The van der Waals surface area contributed by atoms with Gasteiger partial charge in [0.1, 0.15) is 5.71 Å². The standard InChI is InChI=1S/C18H19F7N2O2/c1-10-5-7-11(8-6-10)13(28)27-15(29,14(2,3)4)9-12(26-27)16(19,20)17(21,22)18(23,24)25/h5-8,29H,9H2,1-4H3/t15-/m0/s1. The van der Waals surface area contributed by atoms with Crippen LogP contribution in [0.25, 0.3) is 0 Å². The molecule has 1 aliphatic heterocycles. The lowest BCUT2D eigenvalue weighted by molar-refractivity contribution is -0.336. The molecule has 0 saturated carbocycles. The van der Waals surface area contributed by atoms with Gasteiger partial charge in [0.15, 0.2) is 5.72 Å². The fourth-order valence-electron chi connectivity index (χ4n) is 2.69. The van der Waals surface area contributed by atoms with Gasteiger partial charge in [-0.15, -0.1) is 0 Å². The molecule has 0 bridgehead atoms. The van der Waals surface area contributed by atoms with Gasteiger partial charge in [-0.1, -0.05) is 38.5 Å². The number of aryl methyl sites for hydroxylation is 1. The van der Waals surface area contributed by atoms with Crippen LogP contribution in [0.15, 0.2) is 29.4 Å². The molecular formula is C18H19F7N2O2. The van der Waals surface area contributed by atoms with Crippen molar-refractivity contribution in [1.82, 2.24) is 5.01 Å². The minimum Gasteiger partial charge on any atom is -0.368 e. The molecule has 0 fully saturated rings. The molecule has 1 aromatic carbocycles. The Bertz CT molecular complexity index is 826. The molecule has 1 heterocycles. The summed E-state index contributed by atoms with van der Waals surface area (Å²) in [5.41, 5.74) is -5.28. The van der Waals surface area contributed by atoms with Crippen molar-refractivity contribution in [2.75, 3.05) is 0 Å². The van der Waals surface area contributed by atoms with Gasteiger partial charge in [-0.2, -0.15) is 40.8 Å². The Hall–Kier alpha value is -2.17. The van der Waals surface area contributed by atoms with Crippen LogP contribution in [0.3, 0.4) is 0 Å². The number of aliphatic hydroxyl groups is 1. The van der Waals surface area contributed by atoms with Crippen molar-refractivity contribution >= 4 is 11.6 Å². The first-order valence-electron chi connectivity index (χ1n) is 8.40. The summed E-state index contributed by atoms with van der Waals surface area (Å²) < 4.78 is 92.9. The summed E-state index contributed by atoms with van der Waals surface area (Å²) in [5, 5.41) is 14.1. The van der Waals surface area contributed by atoms with Crippen LogP contribution in [0.2, 0.25) is 0 Å². The summed E-state index contributed by atoms with van der Waals surface area (Å²) in [6, 6.07) is 5.57. The van der Waals surface area contributed by atoms with Gasteiger partial charge in [0.05, 0.1) is 0 Å². The third-order valence-corrected chi connectivity index (χ3v) is 4.79. The fourth-order valence-corrected chi connectivity index (χ4v) is 2.69. The zero-order valence-corrected chi connectivity index (χ0v) is 15.9. The van der Waals surface area contributed by atoms with Gasteiger partial charge in [0, 0.05) is 17.4 Å². The lowest BCUT2D eigenvalue weighted by Crippen LogP contribution is -2.58. The second-order valence-electron chi connectivity index (χ2n) is 7.92. The van der Waals surface area contributed by atoms with Crippen molar-refractivity contribution in [2.24, 2.45) is 10.5 Å². The molecule has 0 spiro atoms. The van der Waals surface area contributed by atoms with E-state index in [1.54, 1.807) is 6.92 Å². The van der Waals surface area contributed by atoms with E-state index in [0.29, 0.717) is 0 Å². The summed E-state index contributed by atoms with van der Waals surface area (Å²) in [5.74, 6) is -13.3. The Balaban J connectivity index is 2.59. The number of hydrazone groups is 1. The molecule has 4 nitrogen and oxygen atoms in total. The second-order valence-corrected chi connectivity index (χ2v) is 7.92. The van der Waals surface area contributed by atoms with E-state index in [9.17, 15) is 40.6 Å². The highest BCUT2D eigenvalue weighted by Gasteiger charge is 2.76. The Morgan fingerprint density at radius 1 is 1.03 bits per heavy atom. The molecule has 0 radical (unpaired) electrons. The maximum absolute atomic E-state index is 14.2. The maximum atomic E-state index is 14.2. The van der Waals surface area contributed by atoms with E-state index in [2.05, 4.69) is 5.10 Å². The van der Waals surface area contributed by atoms with E-state index >= 15 is 0 Å². The SMILES string of the molecule is Cc1ccc(C(=O)N2N=C(C(F)(F)C(F)(F)C(F)(F)F)C[C@]2(O)C(C)(C)C)cc1. The molecule has 0 aromatic heterocycles. The highest BCUT2D eigenvalue weighted by atomic mass is 19.4. The monoisotopic (exact) mass is 428 g/mol. The van der Waals surface area contributed by atoms with Crippen molar-refractivity contribution in [3.05, 3.63) is 35.4 Å². The molecule has 0 unspecified atom stereocenters. The first kappa shape index (κ1) is 23.1. The number of benzene rings is 1. The Labute approximate surface area is 162 Å². The zero-order chi connectivity index (χ0) is 22.6. The van der Waals surface area contributed by atoms with Crippen molar-refractivity contribution in [3.8, 4) is 0 Å². The van der Waals surface area contributed by atoms with Crippen molar-refractivity contribution in [3.63, 3.8) is 0 Å². The van der Waals surface area contributed by atoms with Gasteiger partial charge in [-0.05, 0) is 19.1 Å². The minimum atomic E-state index is -6.56. The van der Waals surface area contributed by atoms with E-state index in [1.165, 1.54) is 45.0 Å². The number of amides is 1. The Kier molecular flexibility index (Phi) is 5.32. The predicted octanol–water partition coefficient (Wildman–Crippen LogP) is 4.76. The molecule has 1 atom stereocenters. The van der Waals surface area contributed by atoms with Crippen LogP contribution in [-0.2, 0) is 0 Å². The Morgan fingerprint density at radius 2 is 1.52 bits per heavy atom. The van der Waals surface area contributed by atoms with Gasteiger partial charge in [-0.3, -0.25) is 4.79 Å². The van der Waals surface area contributed by atoms with Gasteiger partial charge < -0.3 is 5.11 Å². The summed E-state index contributed by atoms with van der Waals surface area (Å²) in [6.07, 6.45) is -7.94. The van der Waals surface area contributed by atoms with Crippen LogP contribution < -0.4 is 0 Å². The van der Waals surface area contributed by atoms with Crippen LogP contribution in [0.4, 0.5) is 30.7 Å². The van der Waals surface area contributed by atoms with Gasteiger partial charge in [0.2, 0.25) is 0 Å². The molecule has 162 valence electrons. The molecular weight excluding hydrogens is 409 g/mol. The maximum Gasteiger partial charge on any atom is 0.460 e. The number of alkyl halides is 7. The number of carbonyl (C=O) groups is 1. The van der Waals surface area contributed by atoms with Crippen LogP contribution in [0.5, 0.6) is 0 Å². The summed E-state index contributed by atoms with van der Waals surface area (Å²) in [6.45, 7) is 5.62. The number of hydrogen-bond donors (Lipinski definition) is 1. The fraction of sp³-hybridized carbons (Fsp3) is 0.556.